The zero-order valence-electron chi connectivity index (χ0n) is 23.2. The Labute approximate surface area is 211 Å². The van der Waals surface area contributed by atoms with E-state index in [1.54, 1.807) is 0 Å². The van der Waals surface area contributed by atoms with Crippen molar-refractivity contribution < 1.29 is 19.2 Å². The average Bonchev–Trinajstić information content (AvgIpc) is 2.71. The van der Waals surface area contributed by atoms with E-state index < -0.39 is 0 Å². The number of imide groups is 2. The lowest BCUT2D eigenvalue weighted by atomic mass is 10.1. The van der Waals surface area contributed by atoms with Crippen LogP contribution in [0, 0.1) is 0 Å². The first-order valence-electron chi connectivity index (χ1n) is 12.9. The Kier molecular flexibility index (Phi) is 10.4. The molecule has 2 saturated heterocycles. The van der Waals surface area contributed by atoms with Gasteiger partial charge >= 0.3 is 0 Å². The van der Waals surface area contributed by atoms with Crippen molar-refractivity contribution in [3.8, 4) is 0 Å². The van der Waals surface area contributed by atoms with Gasteiger partial charge in [0.25, 0.3) is 0 Å². The van der Waals surface area contributed by atoms with Crippen LogP contribution in [0.1, 0.15) is 62.3 Å². The Morgan fingerprint density at radius 2 is 0.886 bits per heavy atom. The molecule has 0 radical (unpaired) electrons. The molecule has 0 N–H and O–H groups in total. The van der Waals surface area contributed by atoms with E-state index in [9.17, 15) is 19.2 Å². The van der Waals surface area contributed by atoms with E-state index in [1.165, 1.54) is 9.80 Å². The highest BCUT2D eigenvalue weighted by Gasteiger charge is 2.37. The highest BCUT2D eigenvalue weighted by Crippen LogP contribution is 2.16. The maximum atomic E-state index is 12.9. The quantitative estimate of drug-likeness (QED) is 0.391. The van der Waals surface area contributed by atoms with Crippen LogP contribution < -0.4 is 0 Å². The predicted octanol–water partition coefficient (Wildman–Crippen LogP) is 0.869. The molecule has 0 saturated carbocycles. The molecular formula is C25H46N6O4. The van der Waals surface area contributed by atoms with Crippen molar-refractivity contribution in [1.29, 1.82) is 0 Å². The molecule has 0 spiro atoms. The van der Waals surface area contributed by atoms with Gasteiger partial charge in [-0.3, -0.25) is 48.6 Å². The van der Waals surface area contributed by atoms with Crippen LogP contribution in [0.25, 0.3) is 0 Å². The summed E-state index contributed by atoms with van der Waals surface area (Å²) in [5.74, 6) is -0.837. The molecule has 4 amide bonds. The second kappa shape index (κ2) is 12.4. The monoisotopic (exact) mass is 494 g/mol. The smallest absolute Gasteiger partial charge is 0.244 e. The summed E-state index contributed by atoms with van der Waals surface area (Å²) in [5, 5.41) is 0. The standard InChI is InChI=1S/C25H46N6O4/c1-17(2)28(18(3)4)15-30-22(32)11-26(12-23(30)33)10-21(9)27-13-24(34)31(25(35)14-27)16-29(19(5)6)20(7)8/h17-21H,10-16H2,1-9H3. The molecule has 0 aromatic carbocycles. The van der Waals surface area contributed by atoms with Crippen LogP contribution in [-0.2, 0) is 19.2 Å². The largest absolute Gasteiger partial charge is 0.284 e. The second-order valence-corrected chi connectivity index (χ2v) is 11.0. The van der Waals surface area contributed by atoms with E-state index >= 15 is 0 Å². The maximum Gasteiger partial charge on any atom is 0.244 e. The lowest BCUT2D eigenvalue weighted by Crippen LogP contribution is -2.62. The Balaban J connectivity index is 1.95. The van der Waals surface area contributed by atoms with Crippen molar-refractivity contribution in [2.24, 2.45) is 0 Å². The second-order valence-electron chi connectivity index (χ2n) is 11.0. The van der Waals surface area contributed by atoms with Crippen molar-refractivity contribution in [3.63, 3.8) is 0 Å². The lowest BCUT2D eigenvalue weighted by Gasteiger charge is -2.42. The molecule has 2 aliphatic heterocycles. The van der Waals surface area contributed by atoms with Gasteiger partial charge < -0.3 is 0 Å². The van der Waals surface area contributed by atoms with E-state index in [0.29, 0.717) is 19.9 Å². The summed E-state index contributed by atoms with van der Waals surface area (Å²) in [6.07, 6.45) is 0. The lowest BCUT2D eigenvalue weighted by molar-refractivity contribution is -0.159. The highest BCUT2D eigenvalue weighted by molar-refractivity contribution is 6.00. The molecule has 35 heavy (non-hydrogen) atoms. The van der Waals surface area contributed by atoms with Crippen LogP contribution >= 0.6 is 0 Å². The Hall–Kier alpha value is -1.88. The first-order valence-corrected chi connectivity index (χ1v) is 12.9. The van der Waals surface area contributed by atoms with Crippen molar-refractivity contribution in [2.45, 2.75) is 92.5 Å². The van der Waals surface area contributed by atoms with Gasteiger partial charge in [0.05, 0.1) is 39.5 Å². The Bertz CT molecular complexity index is 732. The third-order valence-electron chi connectivity index (χ3n) is 7.01. The molecule has 10 heteroatoms. The van der Waals surface area contributed by atoms with Crippen LogP contribution in [0.3, 0.4) is 0 Å². The van der Waals surface area contributed by atoms with Gasteiger partial charge in [-0.2, -0.15) is 0 Å². The minimum atomic E-state index is -0.209. The molecule has 0 aromatic heterocycles. The van der Waals surface area contributed by atoms with E-state index in [-0.39, 0.29) is 80.0 Å². The molecular weight excluding hydrogens is 448 g/mol. The molecule has 2 rings (SSSR count). The fourth-order valence-corrected chi connectivity index (χ4v) is 4.88. The van der Waals surface area contributed by atoms with Gasteiger partial charge in [-0.05, 0) is 62.3 Å². The summed E-state index contributed by atoms with van der Waals surface area (Å²) in [6.45, 7) is 20.0. The van der Waals surface area contributed by atoms with Crippen LogP contribution in [0.2, 0.25) is 0 Å². The number of hydrogen-bond acceptors (Lipinski definition) is 8. The van der Waals surface area contributed by atoms with Crippen molar-refractivity contribution in [1.82, 2.24) is 29.4 Å². The average molecular weight is 495 g/mol. The Morgan fingerprint density at radius 1 is 0.571 bits per heavy atom. The van der Waals surface area contributed by atoms with Crippen LogP contribution in [0.5, 0.6) is 0 Å². The molecule has 1 atom stereocenters. The molecule has 2 aliphatic rings. The first kappa shape index (κ1) is 29.4. The van der Waals surface area contributed by atoms with E-state index in [0.717, 1.165) is 0 Å². The molecule has 1 unspecified atom stereocenters. The number of rotatable bonds is 11. The first-order chi connectivity index (χ1) is 16.2. The zero-order chi connectivity index (χ0) is 26.6. The van der Waals surface area contributed by atoms with Crippen LogP contribution in [0.15, 0.2) is 0 Å². The molecule has 0 bridgehead atoms. The topological polar surface area (TPSA) is 87.7 Å². The van der Waals surface area contributed by atoms with E-state index in [2.05, 4.69) is 65.2 Å². The third-order valence-corrected chi connectivity index (χ3v) is 7.01. The molecule has 0 aliphatic carbocycles. The van der Waals surface area contributed by atoms with Gasteiger partial charge in [-0.1, -0.05) is 0 Å². The minimum Gasteiger partial charge on any atom is -0.284 e. The summed E-state index contributed by atoms with van der Waals surface area (Å²) in [5.41, 5.74) is 0. The summed E-state index contributed by atoms with van der Waals surface area (Å²) in [7, 11) is 0. The van der Waals surface area contributed by atoms with Gasteiger partial charge in [0.1, 0.15) is 0 Å². The van der Waals surface area contributed by atoms with E-state index in [4.69, 9.17) is 0 Å². The molecule has 200 valence electrons. The van der Waals surface area contributed by atoms with Crippen molar-refractivity contribution >= 4 is 23.6 Å². The molecule has 2 fully saturated rings. The third kappa shape index (κ3) is 7.55. The molecule has 0 aromatic rings. The number of carbonyl (C=O) groups excluding carboxylic acids is 4. The fraction of sp³-hybridized carbons (Fsp3) is 0.840. The Morgan fingerprint density at radius 3 is 1.20 bits per heavy atom. The van der Waals surface area contributed by atoms with Crippen LogP contribution in [0.4, 0.5) is 0 Å². The predicted molar refractivity (Wildman–Crippen MR) is 135 cm³/mol. The number of piperazine rings is 2. The maximum absolute atomic E-state index is 12.9. The summed E-state index contributed by atoms with van der Waals surface area (Å²) < 4.78 is 0. The van der Waals surface area contributed by atoms with Gasteiger partial charge in [0, 0.05) is 36.8 Å². The number of nitrogens with zero attached hydrogens (tertiary/aromatic N) is 6. The van der Waals surface area contributed by atoms with Crippen molar-refractivity contribution in [3.05, 3.63) is 0 Å². The van der Waals surface area contributed by atoms with Gasteiger partial charge in [-0.15, -0.1) is 0 Å². The highest BCUT2D eigenvalue weighted by atomic mass is 16.2. The minimum absolute atomic E-state index is 0.147. The van der Waals surface area contributed by atoms with E-state index in [1.807, 2.05) is 16.7 Å². The summed E-state index contributed by atoms with van der Waals surface area (Å²) in [4.78, 5) is 61.9. The van der Waals surface area contributed by atoms with Crippen LogP contribution in [-0.4, -0.2) is 129 Å². The van der Waals surface area contributed by atoms with Gasteiger partial charge in [-0.25, -0.2) is 0 Å². The summed E-state index contributed by atoms with van der Waals surface area (Å²) >= 11 is 0. The van der Waals surface area contributed by atoms with Crippen molar-refractivity contribution in [2.75, 3.05) is 46.1 Å². The number of hydrogen-bond donors (Lipinski definition) is 0. The zero-order valence-corrected chi connectivity index (χ0v) is 23.2. The normalized spacial score (nSPS) is 20.2. The van der Waals surface area contributed by atoms with Gasteiger partial charge in [0.2, 0.25) is 23.6 Å². The number of carbonyl (C=O) groups is 4. The SMILES string of the molecule is CC(CN1CC(=O)N(CN(C(C)C)C(C)C)C(=O)C1)N1CC(=O)N(CN(C(C)C)C(C)C)C(=O)C1. The summed E-state index contributed by atoms with van der Waals surface area (Å²) in [6, 6.07) is 0.723. The molecule has 10 nitrogen and oxygen atoms in total. The van der Waals surface area contributed by atoms with Gasteiger partial charge in [0.15, 0.2) is 0 Å². The number of amides is 4. The fourth-order valence-electron chi connectivity index (χ4n) is 4.88. The molecule has 2 heterocycles.